The summed E-state index contributed by atoms with van der Waals surface area (Å²) in [6.45, 7) is 1.84. The molecule has 23 heavy (non-hydrogen) atoms. The van der Waals surface area contributed by atoms with E-state index in [1.807, 2.05) is 31.2 Å². The summed E-state index contributed by atoms with van der Waals surface area (Å²) in [4.78, 5) is 27.5. The number of carbonyl (C=O) groups excluding carboxylic acids is 2. The van der Waals surface area contributed by atoms with Gasteiger partial charge in [-0.05, 0) is 36.8 Å². The molecule has 6 heteroatoms. The number of carbonyl (C=O) groups is 2. The Kier molecular flexibility index (Phi) is 5.68. The number of hydrogen-bond acceptors (Lipinski definition) is 5. The molecule has 1 heterocycles. The van der Waals surface area contributed by atoms with Gasteiger partial charge in [0.15, 0.2) is 6.61 Å². The second kappa shape index (κ2) is 7.93. The highest BCUT2D eigenvalue weighted by molar-refractivity contribution is 5.90. The van der Waals surface area contributed by atoms with E-state index in [2.05, 4.69) is 10.3 Å². The zero-order valence-corrected chi connectivity index (χ0v) is 13.0. The highest BCUT2D eigenvalue weighted by Gasteiger charge is 2.10. The number of aromatic nitrogens is 1. The highest BCUT2D eigenvalue weighted by atomic mass is 16.5. The standard InChI is InChI=1S/C17H18N2O4/c1-12-3-6-14(10-18-12)17(21)23-11-16(20)19-9-13-4-7-15(22-2)8-5-13/h3-8,10H,9,11H2,1-2H3,(H,19,20). The quantitative estimate of drug-likeness (QED) is 0.824. The summed E-state index contributed by atoms with van der Waals surface area (Å²) >= 11 is 0. The van der Waals surface area contributed by atoms with Crippen LogP contribution in [-0.2, 0) is 16.1 Å². The Hall–Kier alpha value is -2.89. The summed E-state index contributed by atoms with van der Waals surface area (Å²) in [7, 11) is 1.59. The van der Waals surface area contributed by atoms with E-state index in [9.17, 15) is 9.59 Å². The van der Waals surface area contributed by atoms with E-state index in [1.165, 1.54) is 6.20 Å². The molecule has 0 atom stereocenters. The predicted octanol–water partition coefficient (Wildman–Crippen LogP) is 1.87. The first-order valence-electron chi connectivity index (χ1n) is 7.08. The van der Waals surface area contributed by atoms with Crippen LogP contribution in [0, 0.1) is 6.92 Å². The van der Waals surface area contributed by atoms with Gasteiger partial charge in [-0.15, -0.1) is 0 Å². The second-order valence-corrected chi connectivity index (χ2v) is 4.89. The maximum atomic E-state index is 11.7. The van der Waals surface area contributed by atoms with Crippen molar-refractivity contribution in [2.75, 3.05) is 13.7 Å². The summed E-state index contributed by atoms with van der Waals surface area (Å²) in [5.74, 6) is -0.188. The van der Waals surface area contributed by atoms with Crippen molar-refractivity contribution in [3.05, 3.63) is 59.4 Å². The maximum absolute atomic E-state index is 11.7. The predicted molar refractivity (Wildman–Crippen MR) is 84.1 cm³/mol. The first-order valence-corrected chi connectivity index (χ1v) is 7.08. The van der Waals surface area contributed by atoms with Crippen LogP contribution < -0.4 is 10.1 Å². The Morgan fingerprint density at radius 3 is 2.48 bits per heavy atom. The Morgan fingerprint density at radius 2 is 1.87 bits per heavy atom. The number of nitrogens with one attached hydrogen (secondary N) is 1. The lowest BCUT2D eigenvalue weighted by Gasteiger charge is -2.07. The van der Waals surface area contributed by atoms with Crippen molar-refractivity contribution in [2.24, 2.45) is 0 Å². The molecule has 0 spiro atoms. The average molecular weight is 314 g/mol. The lowest BCUT2D eigenvalue weighted by atomic mass is 10.2. The van der Waals surface area contributed by atoms with Gasteiger partial charge < -0.3 is 14.8 Å². The number of pyridine rings is 1. The molecule has 0 radical (unpaired) electrons. The van der Waals surface area contributed by atoms with Gasteiger partial charge in [-0.3, -0.25) is 9.78 Å². The van der Waals surface area contributed by atoms with Crippen molar-refractivity contribution in [1.82, 2.24) is 10.3 Å². The normalized spacial score (nSPS) is 10.0. The van der Waals surface area contributed by atoms with Crippen molar-refractivity contribution in [3.63, 3.8) is 0 Å². The SMILES string of the molecule is COc1ccc(CNC(=O)COC(=O)c2ccc(C)nc2)cc1. The van der Waals surface area contributed by atoms with Crippen LogP contribution in [0.1, 0.15) is 21.6 Å². The monoisotopic (exact) mass is 314 g/mol. The molecule has 1 amide bonds. The van der Waals surface area contributed by atoms with Gasteiger partial charge in [0, 0.05) is 18.4 Å². The first-order chi connectivity index (χ1) is 11.1. The third-order valence-corrected chi connectivity index (χ3v) is 3.13. The Bertz CT molecular complexity index is 666. The van der Waals surface area contributed by atoms with Gasteiger partial charge in [-0.1, -0.05) is 12.1 Å². The fourth-order valence-electron chi connectivity index (χ4n) is 1.80. The minimum atomic E-state index is -0.572. The average Bonchev–Trinajstić information content (AvgIpc) is 2.59. The minimum absolute atomic E-state index is 0.318. The zero-order valence-electron chi connectivity index (χ0n) is 13.0. The minimum Gasteiger partial charge on any atom is -0.497 e. The van der Waals surface area contributed by atoms with E-state index in [4.69, 9.17) is 9.47 Å². The summed E-state index contributed by atoms with van der Waals surface area (Å²) in [6, 6.07) is 10.6. The molecule has 2 aromatic rings. The number of aryl methyl sites for hydroxylation is 1. The molecule has 2 rings (SSSR count). The number of rotatable bonds is 6. The van der Waals surface area contributed by atoms with Crippen LogP contribution in [0.2, 0.25) is 0 Å². The van der Waals surface area contributed by atoms with Crippen molar-refractivity contribution >= 4 is 11.9 Å². The fraction of sp³-hybridized carbons (Fsp3) is 0.235. The molecule has 0 saturated carbocycles. The number of esters is 1. The molecule has 120 valence electrons. The van der Waals surface area contributed by atoms with Crippen molar-refractivity contribution in [2.45, 2.75) is 13.5 Å². The summed E-state index contributed by atoms with van der Waals surface area (Å²) in [6.07, 6.45) is 1.42. The summed E-state index contributed by atoms with van der Waals surface area (Å²) in [5, 5.41) is 2.68. The number of benzene rings is 1. The molecule has 1 N–H and O–H groups in total. The lowest BCUT2D eigenvalue weighted by Crippen LogP contribution is -2.28. The zero-order chi connectivity index (χ0) is 16.7. The third-order valence-electron chi connectivity index (χ3n) is 3.13. The van der Waals surface area contributed by atoms with Crippen molar-refractivity contribution < 1.29 is 19.1 Å². The first kappa shape index (κ1) is 16.5. The van der Waals surface area contributed by atoms with E-state index in [1.54, 1.807) is 19.2 Å². The van der Waals surface area contributed by atoms with Crippen LogP contribution in [0.15, 0.2) is 42.6 Å². The number of nitrogens with zero attached hydrogens (tertiary/aromatic N) is 1. The number of ether oxygens (including phenoxy) is 2. The van der Waals surface area contributed by atoms with Crippen LogP contribution in [-0.4, -0.2) is 30.6 Å². The molecule has 0 fully saturated rings. The molecular formula is C17H18N2O4. The van der Waals surface area contributed by atoms with E-state index >= 15 is 0 Å². The smallest absolute Gasteiger partial charge is 0.340 e. The molecule has 6 nitrogen and oxygen atoms in total. The maximum Gasteiger partial charge on any atom is 0.340 e. The van der Waals surface area contributed by atoms with Gasteiger partial charge in [-0.2, -0.15) is 0 Å². The molecule has 0 aliphatic rings. The second-order valence-electron chi connectivity index (χ2n) is 4.89. The van der Waals surface area contributed by atoms with Gasteiger partial charge in [0.1, 0.15) is 5.75 Å². The van der Waals surface area contributed by atoms with E-state index < -0.39 is 5.97 Å². The number of amides is 1. The van der Waals surface area contributed by atoms with Crippen LogP contribution in [0.3, 0.4) is 0 Å². The summed E-state index contributed by atoms with van der Waals surface area (Å²) < 4.78 is 10.0. The Labute approximate surface area is 134 Å². The molecular weight excluding hydrogens is 296 g/mol. The lowest BCUT2D eigenvalue weighted by molar-refractivity contribution is -0.124. The number of hydrogen-bond donors (Lipinski definition) is 1. The van der Waals surface area contributed by atoms with Crippen LogP contribution >= 0.6 is 0 Å². The molecule has 0 saturated heterocycles. The molecule has 0 aliphatic heterocycles. The Balaban J connectivity index is 1.76. The van der Waals surface area contributed by atoms with Gasteiger partial charge in [0.05, 0.1) is 12.7 Å². The molecule has 0 bridgehead atoms. The number of methoxy groups -OCH3 is 1. The van der Waals surface area contributed by atoms with Crippen molar-refractivity contribution in [1.29, 1.82) is 0 Å². The fourth-order valence-corrected chi connectivity index (χ4v) is 1.80. The molecule has 0 unspecified atom stereocenters. The third kappa shape index (κ3) is 5.10. The highest BCUT2D eigenvalue weighted by Crippen LogP contribution is 2.10. The summed E-state index contributed by atoms with van der Waals surface area (Å²) in [5.41, 5.74) is 2.05. The molecule has 1 aromatic heterocycles. The Morgan fingerprint density at radius 1 is 1.13 bits per heavy atom. The largest absolute Gasteiger partial charge is 0.497 e. The van der Waals surface area contributed by atoms with Crippen LogP contribution in [0.5, 0.6) is 5.75 Å². The van der Waals surface area contributed by atoms with Gasteiger partial charge in [0.2, 0.25) is 0 Å². The van der Waals surface area contributed by atoms with Crippen molar-refractivity contribution in [3.8, 4) is 5.75 Å². The van der Waals surface area contributed by atoms with E-state index in [0.29, 0.717) is 12.1 Å². The van der Waals surface area contributed by atoms with Gasteiger partial charge in [-0.25, -0.2) is 4.79 Å². The topological polar surface area (TPSA) is 77.5 Å². The van der Waals surface area contributed by atoms with Crippen LogP contribution in [0.4, 0.5) is 0 Å². The van der Waals surface area contributed by atoms with E-state index in [-0.39, 0.29) is 12.5 Å². The van der Waals surface area contributed by atoms with Crippen LogP contribution in [0.25, 0.3) is 0 Å². The molecule has 0 aliphatic carbocycles. The van der Waals surface area contributed by atoms with E-state index in [0.717, 1.165) is 17.0 Å². The van der Waals surface area contributed by atoms with Gasteiger partial charge in [0.25, 0.3) is 5.91 Å². The van der Waals surface area contributed by atoms with Gasteiger partial charge >= 0.3 is 5.97 Å². The molecule has 1 aromatic carbocycles.